The van der Waals surface area contributed by atoms with E-state index in [9.17, 15) is 5.11 Å². The minimum Gasteiger partial charge on any atom is -0.478 e. The number of aliphatic hydroxyl groups is 1. The summed E-state index contributed by atoms with van der Waals surface area (Å²) in [7, 11) is 0. The number of benzene rings is 1. The molecule has 19 heavy (non-hydrogen) atoms. The van der Waals surface area contributed by atoms with Crippen molar-refractivity contribution in [3.63, 3.8) is 0 Å². The number of hydrogen-bond acceptors (Lipinski definition) is 4. The molecule has 0 saturated heterocycles. The van der Waals surface area contributed by atoms with Crippen molar-refractivity contribution < 1.29 is 9.84 Å². The topological polar surface area (TPSA) is 55.2 Å². The Morgan fingerprint density at radius 1 is 1.21 bits per heavy atom. The summed E-state index contributed by atoms with van der Waals surface area (Å²) >= 11 is 0. The molecule has 0 spiro atoms. The first kappa shape index (κ1) is 13.5. The van der Waals surface area contributed by atoms with Crippen molar-refractivity contribution in [3.8, 4) is 5.88 Å². The maximum absolute atomic E-state index is 10.2. The lowest BCUT2D eigenvalue weighted by Crippen LogP contribution is -2.07. The Morgan fingerprint density at radius 2 is 1.95 bits per heavy atom. The van der Waals surface area contributed by atoms with Crippen LogP contribution in [0, 0.1) is 6.92 Å². The molecule has 0 aliphatic carbocycles. The summed E-state index contributed by atoms with van der Waals surface area (Å²) in [5.41, 5.74) is 2.59. The second-order valence-electron chi connectivity index (χ2n) is 4.31. The molecule has 1 atom stereocenters. The molecular formula is C15H18N2O2. The quantitative estimate of drug-likeness (QED) is 0.895. The van der Waals surface area contributed by atoms with Crippen molar-refractivity contribution in [2.24, 2.45) is 0 Å². The second-order valence-corrected chi connectivity index (χ2v) is 4.31. The first-order chi connectivity index (χ1) is 9.22. The van der Waals surface area contributed by atoms with Crippen LogP contribution >= 0.6 is 0 Å². The third-order valence-corrected chi connectivity index (χ3v) is 2.99. The number of ether oxygens (including phenoxy) is 1. The van der Waals surface area contributed by atoms with E-state index in [0.717, 1.165) is 16.8 Å². The predicted molar refractivity (Wildman–Crippen MR) is 73.0 cm³/mol. The first-order valence-electron chi connectivity index (χ1n) is 6.38. The van der Waals surface area contributed by atoms with Gasteiger partial charge in [-0.05, 0) is 19.4 Å². The molecule has 1 heterocycles. The molecule has 0 bridgehead atoms. The Labute approximate surface area is 113 Å². The molecular weight excluding hydrogens is 240 g/mol. The van der Waals surface area contributed by atoms with Crippen LogP contribution in [0.25, 0.3) is 0 Å². The number of nitrogens with zero attached hydrogens (tertiary/aromatic N) is 2. The summed E-state index contributed by atoms with van der Waals surface area (Å²) in [4.78, 5) is 8.33. The fourth-order valence-corrected chi connectivity index (χ4v) is 1.93. The van der Waals surface area contributed by atoms with Crippen LogP contribution in [0.5, 0.6) is 5.88 Å². The summed E-state index contributed by atoms with van der Waals surface area (Å²) in [6.45, 7) is 4.40. The van der Waals surface area contributed by atoms with Crippen molar-refractivity contribution in [2.45, 2.75) is 26.4 Å². The van der Waals surface area contributed by atoms with Crippen LogP contribution in [-0.4, -0.2) is 21.7 Å². The van der Waals surface area contributed by atoms with Gasteiger partial charge in [-0.1, -0.05) is 30.3 Å². The molecule has 2 aromatic rings. The van der Waals surface area contributed by atoms with E-state index in [2.05, 4.69) is 9.97 Å². The van der Waals surface area contributed by atoms with E-state index in [1.165, 1.54) is 6.33 Å². The van der Waals surface area contributed by atoms with Crippen LogP contribution in [0.3, 0.4) is 0 Å². The van der Waals surface area contributed by atoms with Gasteiger partial charge >= 0.3 is 0 Å². The summed E-state index contributed by atoms with van der Waals surface area (Å²) in [6.07, 6.45) is 1.37. The van der Waals surface area contributed by atoms with Gasteiger partial charge in [0.25, 0.3) is 0 Å². The summed E-state index contributed by atoms with van der Waals surface area (Å²) in [6, 6.07) is 9.57. The lowest BCUT2D eigenvalue weighted by atomic mass is 10.0. The molecule has 0 radical (unpaired) electrons. The molecule has 2 rings (SSSR count). The van der Waals surface area contributed by atoms with E-state index < -0.39 is 6.10 Å². The molecule has 1 aromatic carbocycles. The Hall–Kier alpha value is -1.94. The van der Waals surface area contributed by atoms with E-state index in [4.69, 9.17) is 4.74 Å². The molecule has 0 aliphatic rings. The fourth-order valence-electron chi connectivity index (χ4n) is 1.93. The first-order valence-corrected chi connectivity index (χ1v) is 6.38. The van der Waals surface area contributed by atoms with Crippen molar-refractivity contribution in [2.75, 3.05) is 6.61 Å². The van der Waals surface area contributed by atoms with E-state index in [1.54, 1.807) is 0 Å². The minimum atomic E-state index is -0.565. The number of hydrogen-bond donors (Lipinski definition) is 1. The van der Waals surface area contributed by atoms with E-state index in [0.29, 0.717) is 18.9 Å². The van der Waals surface area contributed by atoms with E-state index in [-0.39, 0.29) is 0 Å². The van der Waals surface area contributed by atoms with Crippen LogP contribution in [0.1, 0.15) is 29.8 Å². The molecule has 0 aliphatic heterocycles. The van der Waals surface area contributed by atoms with E-state index >= 15 is 0 Å². The Bertz CT molecular complexity index is 529. The summed E-state index contributed by atoms with van der Waals surface area (Å²) in [5.74, 6) is 0.591. The van der Waals surface area contributed by atoms with Crippen LogP contribution in [0.15, 0.2) is 36.7 Å². The monoisotopic (exact) mass is 258 g/mol. The molecule has 1 aromatic heterocycles. The predicted octanol–water partition coefficient (Wildman–Crippen LogP) is 2.46. The zero-order valence-electron chi connectivity index (χ0n) is 11.2. The number of aromatic nitrogens is 2. The lowest BCUT2D eigenvalue weighted by molar-refractivity contribution is 0.176. The van der Waals surface area contributed by atoms with Gasteiger partial charge in [0, 0.05) is 12.0 Å². The maximum atomic E-state index is 10.2. The summed E-state index contributed by atoms with van der Waals surface area (Å²) in [5, 5.41) is 10.2. The van der Waals surface area contributed by atoms with Gasteiger partial charge in [0.05, 0.1) is 18.4 Å². The minimum absolute atomic E-state index is 0.457. The van der Waals surface area contributed by atoms with Gasteiger partial charge in [-0.15, -0.1) is 0 Å². The summed E-state index contributed by atoms with van der Waals surface area (Å²) < 4.78 is 5.43. The van der Waals surface area contributed by atoms with Crippen molar-refractivity contribution in [3.05, 3.63) is 53.5 Å². The second kappa shape index (κ2) is 6.29. The molecule has 1 unspecified atom stereocenters. The molecule has 100 valence electrons. The Kier molecular flexibility index (Phi) is 4.47. The maximum Gasteiger partial charge on any atom is 0.219 e. The lowest BCUT2D eigenvalue weighted by Gasteiger charge is -2.13. The van der Waals surface area contributed by atoms with Gasteiger partial charge in [0.1, 0.15) is 6.33 Å². The van der Waals surface area contributed by atoms with Crippen LogP contribution in [-0.2, 0) is 6.42 Å². The fraction of sp³-hybridized carbons (Fsp3) is 0.333. The molecule has 0 amide bonds. The number of aliphatic hydroxyl groups excluding tert-OH is 1. The third kappa shape index (κ3) is 3.29. The van der Waals surface area contributed by atoms with Gasteiger partial charge in [-0.25, -0.2) is 9.97 Å². The van der Waals surface area contributed by atoms with Crippen molar-refractivity contribution >= 4 is 0 Å². The van der Waals surface area contributed by atoms with Gasteiger partial charge in [-0.2, -0.15) is 0 Å². The van der Waals surface area contributed by atoms with Gasteiger partial charge in [0.2, 0.25) is 5.88 Å². The highest BCUT2D eigenvalue weighted by Gasteiger charge is 2.13. The molecule has 4 heteroatoms. The van der Waals surface area contributed by atoms with Gasteiger partial charge in [-0.3, -0.25) is 0 Å². The molecule has 1 N–H and O–H groups in total. The zero-order chi connectivity index (χ0) is 13.7. The average Bonchev–Trinajstić information content (AvgIpc) is 2.44. The zero-order valence-corrected chi connectivity index (χ0v) is 11.2. The highest BCUT2D eigenvalue weighted by molar-refractivity contribution is 5.29. The Balaban J connectivity index is 2.17. The molecule has 0 saturated carbocycles. The highest BCUT2D eigenvalue weighted by Crippen LogP contribution is 2.22. The van der Waals surface area contributed by atoms with Crippen LogP contribution in [0.4, 0.5) is 0 Å². The van der Waals surface area contributed by atoms with E-state index in [1.807, 2.05) is 44.2 Å². The number of rotatable bonds is 5. The normalized spacial score (nSPS) is 12.2. The SMILES string of the molecule is CCOc1ncnc(CC(O)c2ccccc2)c1C. The van der Waals surface area contributed by atoms with Crippen LogP contribution < -0.4 is 4.74 Å². The standard InChI is InChI=1S/C15H18N2O2/c1-3-19-15-11(2)13(16-10-17-15)9-14(18)12-7-5-4-6-8-12/h4-8,10,14,18H,3,9H2,1-2H3. The largest absolute Gasteiger partial charge is 0.478 e. The van der Waals surface area contributed by atoms with Crippen LogP contribution in [0.2, 0.25) is 0 Å². The third-order valence-electron chi connectivity index (χ3n) is 2.99. The van der Waals surface area contributed by atoms with Gasteiger partial charge < -0.3 is 9.84 Å². The van der Waals surface area contributed by atoms with Crippen molar-refractivity contribution in [1.29, 1.82) is 0 Å². The molecule has 0 fully saturated rings. The smallest absolute Gasteiger partial charge is 0.219 e. The Morgan fingerprint density at radius 3 is 2.63 bits per heavy atom. The molecule has 4 nitrogen and oxygen atoms in total. The highest BCUT2D eigenvalue weighted by atomic mass is 16.5. The van der Waals surface area contributed by atoms with Gasteiger partial charge in [0.15, 0.2) is 0 Å². The average molecular weight is 258 g/mol. The van der Waals surface area contributed by atoms with Crippen molar-refractivity contribution in [1.82, 2.24) is 9.97 Å².